The number of hydrogen-bond acceptors (Lipinski definition) is 3. The highest BCUT2D eigenvalue weighted by Crippen LogP contribution is 2.36. The molecule has 132 valence electrons. The second-order valence-electron chi connectivity index (χ2n) is 7.30. The average molecular weight is 339 g/mol. The molecule has 0 radical (unpaired) electrons. The largest absolute Gasteiger partial charge is 0.444 e. The molecular formula is C18H23F2NO3. The molecular weight excluding hydrogens is 316 g/mol. The Kier molecular flexibility index (Phi) is 5.26. The monoisotopic (exact) mass is 339 g/mol. The van der Waals surface area contributed by atoms with E-state index in [1.165, 1.54) is 11.0 Å². The van der Waals surface area contributed by atoms with Crippen molar-refractivity contribution in [2.24, 2.45) is 5.92 Å². The van der Waals surface area contributed by atoms with Gasteiger partial charge in [0.05, 0.1) is 0 Å². The zero-order valence-corrected chi connectivity index (χ0v) is 14.4. The van der Waals surface area contributed by atoms with Gasteiger partial charge in [0.1, 0.15) is 11.9 Å². The highest BCUT2D eigenvalue weighted by atomic mass is 19.2. The number of piperidine rings is 1. The molecule has 6 heteroatoms. The molecule has 0 aromatic heterocycles. The molecule has 0 saturated carbocycles. The van der Waals surface area contributed by atoms with E-state index < -0.39 is 29.2 Å². The number of ether oxygens (including phenoxy) is 1. The lowest BCUT2D eigenvalue weighted by molar-refractivity contribution is -0.113. The fraction of sp³-hybridized carbons (Fsp3) is 0.556. The van der Waals surface area contributed by atoms with Gasteiger partial charge in [0, 0.05) is 18.5 Å². The van der Waals surface area contributed by atoms with Crippen molar-refractivity contribution in [3.63, 3.8) is 0 Å². The van der Waals surface area contributed by atoms with Crippen LogP contribution in [0, 0.1) is 17.6 Å². The number of benzene rings is 1. The molecule has 1 aromatic carbocycles. The molecule has 1 heterocycles. The van der Waals surface area contributed by atoms with Crippen LogP contribution in [0.2, 0.25) is 0 Å². The number of halogens is 2. The Hall–Kier alpha value is -1.98. The summed E-state index contributed by atoms with van der Waals surface area (Å²) in [5.74, 6) is -2.59. The van der Waals surface area contributed by atoms with Crippen LogP contribution >= 0.6 is 0 Å². The average Bonchev–Trinajstić information content (AvgIpc) is 2.48. The summed E-state index contributed by atoms with van der Waals surface area (Å²) >= 11 is 0. The summed E-state index contributed by atoms with van der Waals surface area (Å²) < 4.78 is 32.0. The highest BCUT2D eigenvalue weighted by molar-refractivity contribution is 5.70. The number of rotatable bonds is 2. The van der Waals surface area contributed by atoms with Gasteiger partial charge in [0.25, 0.3) is 0 Å². The summed E-state index contributed by atoms with van der Waals surface area (Å²) in [7, 11) is 0. The maximum absolute atomic E-state index is 13.5. The van der Waals surface area contributed by atoms with Gasteiger partial charge in [-0.2, -0.15) is 0 Å². The number of aldehydes is 1. The van der Waals surface area contributed by atoms with Crippen molar-refractivity contribution in [1.82, 2.24) is 4.90 Å². The maximum atomic E-state index is 13.5. The lowest BCUT2D eigenvalue weighted by Gasteiger charge is -2.41. The Labute approximate surface area is 140 Å². The van der Waals surface area contributed by atoms with E-state index >= 15 is 0 Å². The second-order valence-corrected chi connectivity index (χ2v) is 7.30. The summed E-state index contributed by atoms with van der Waals surface area (Å²) in [5.41, 5.74) is -0.0496. The molecule has 0 spiro atoms. The molecule has 1 amide bonds. The minimum atomic E-state index is -0.931. The van der Waals surface area contributed by atoms with E-state index in [0.29, 0.717) is 12.0 Å². The van der Waals surface area contributed by atoms with Gasteiger partial charge in [-0.25, -0.2) is 13.6 Å². The highest BCUT2D eigenvalue weighted by Gasteiger charge is 2.38. The fourth-order valence-corrected chi connectivity index (χ4v) is 3.04. The standard InChI is InChI=1S/C18H23F2NO3/c1-11-7-14(12-5-6-15(19)16(20)8-12)13(10-22)9-21(11)17(23)24-18(2,3)4/h5-6,8,10-11,13-14H,7,9H2,1-4H3/t11-,13+,14+/m0/s1. The topological polar surface area (TPSA) is 46.6 Å². The van der Waals surface area contributed by atoms with Gasteiger partial charge in [0.2, 0.25) is 0 Å². The SMILES string of the molecule is C[C@H]1C[C@H](c2ccc(F)c(F)c2)[C@@H](C=O)CN1C(=O)OC(C)(C)C. The van der Waals surface area contributed by atoms with Crippen LogP contribution in [0.1, 0.15) is 45.6 Å². The number of carbonyl (C=O) groups is 2. The van der Waals surface area contributed by atoms with Crippen LogP contribution in [-0.2, 0) is 9.53 Å². The third-order valence-corrected chi connectivity index (χ3v) is 4.23. The fourth-order valence-electron chi connectivity index (χ4n) is 3.04. The molecule has 4 nitrogen and oxygen atoms in total. The van der Waals surface area contributed by atoms with Crippen molar-refractivity contribution < 1.29 is 23.1 Å². The first kappa shape index (κ1) is 18.4. The Morgan fingerprint density at radius 3 is 2.50 bits per heavy atom. The van der Waals surface area contributed by atoms with Crippen molar-refractivity contribution in [2.45, 2.75) is 51.7 Å². The van der Waals surface area contributed by atoms with E-state index in [1.807, 2.05) is 6.92 Å². The number of amides is 1. The minimum absolute atomic E-state index is 0.172. The molecule has 0 unspecified atom stereocenters. The molecule has 1 fully saturated rings. The zero-order valence-electron chi connectivity index (χ0n) is 14.4. The quantitative estimate of drug-likeness (QED) is 0.768. The number of likely N-dealkylation sites (tertiary alicyclic amines) is 1. The van der Waals surface area contributed by atoms with Crippen molar-refractivity contribution in [3.05, 3.63) is 35.4 Å². The molecule has 0 N–H and O–H groups in total. The Morgan fingerprint density at radius 2 is 1.96 bits per heavy atom. The van der Waals surface area contributed by atoms with Gasteiger partial charge in [-0.15, -0.1) is 0 Å². The number of carbonyl (C=O) groups excluding carboxylic acids is 2. The zero-order chi connectivity index (χ0) is 18.1. The lowest BCUT2D eigenvalue weighted by Crippen LogP contribution is -2.50. The first-order chi connectivity index (χ1) is 11.1. The van der Waals surface area contributed by atoms with Crippen LogP contribution in [-0.4, -0.2) is 35.5 Å². The molecule has 0 bridgehead atoms. The number of hydrogen-bond donors (Lipinski definition) is 0. The van der Waals surface area contributed by atoms with Gasteiger partial charge in [0.15, 0.2) is 11.6 Å². The van der Waals surface area contributed by atoms with Crippen LogP contribution in [0.4, 0.5) is 13.6 Å². The molecule has 1 aliphatic rings. The first-order valence-electron chi connectivity index (χ1n) is 8.02. The van der Waals surface area contributed by atoms with Gasteiger partial charge < -0.3 is 14.4 Å². The van der Waals surface area contributed by atoms with Gasteiger partial charge >= 0.3 is 6.09 Å². The van der Waals surface area contributed by atoms with Crippen molar-refractivity contribution in [2.75, 3.05) is 6.54 Å². The second kappa shape index (κ2) is 6.87. The summed E-state index contributed by atoms with van der Waals surface area (Å²) in [5, 5.41) is 0. The molecule has 24 heavy (non-hydrogen) atoms. The van der Waals surface area contributed by atoms with Gasteiger partial charge in [-0.1, -0.05) is 6.07 Å². The summed E-state index contributed by atoms with van der Waals surface area (Å²) in [6.07, 6.45) is 0.786. The first-order valence-corrected chi connectivity index (χ1v) is 8.02. The summed E-state index contributed by atoms with van der Waals surface area (Å²) in [6, 6.07) is 3.52. The number of nitrogens with zero attached hydrogens (tertiary/aromatic N) is 1. The van der Waals surface area contributed by atoms with Gasteiger partial charge in [-0.3, -0.25) is 0 Å². The van der Waals surface area contributed by atoms with Crippen molar-refractivity contribution in [1.29, 1.82) is 0 Å². The normalized spacial score (nSPS) is 24.6. The molecule has 1 saturated heterocycles. The van der Waals surface area contributed by atoms with E-state index in [2.05, 4.69) is 0 Å². The predicted octanol–water partition coefficient (Wildman–Crippen LogP) is 3.89. The minimum Gasteiger partial charge on any atom is -0.444 e. The third kappa shape index (κ3) is 4.10. The third-order valence-electron chi connectivity index (χ3n) is 4.23. The Balaban J connectivity index is 2.20. The van der Waals surface area contributed by atoms with Crippen LogP contribution in [0.5, 0.6) is 0 Å². The summed E-state index contributed by atoms with van der Waals surface area (Å²) in [6.45, 7) is 7.39. The van der Waals surface area contributed by atoms with E-state index in [1.54, 1.807) is 20.8 Å². The van der Waals surface area contributed by atoms with Gasteiger partial charge in [-0.05, 0) is 57.7 Å². The van der Waals surface area contributed by atoms with Crippen LogP contribution in [0.15, 0.2) is 18.2 Å². The Morgan fingerprint density at radius 1 is 1.29 bits per heavy atom. The van der Waals surface area contributed by atoms with Crippen LogP contribution < -0.4 is 0 Å². The van der Waals surface area contributed by atoms with Crippen molar-refractivity contribution >= 4 is 12.4 Å². The van der Waals surface area contributed by atoms with Crippen LogP contribution in [0.3, 0.4) is 0 Å². The molecule has 3 atom stereocenters. The smallest absolute Gasteiger partial charge is 0.410 e. The molecule has 0 aliphatic carbocycles. The van der Waals surface area contributed by atoms with E-state index in [4.69, 9.17) is 4.74 Å². The lowest BCUT2D eigenvalue weighted by atomic mass is 9.78. The molecule has 1 aromatic rings. The van der Waals surface area contributed by atoms with E-state index in [-0.39, 0.29) is 18.5 Å². The van der Waals surface area contributed by atoms with E-state index in [9.17, 15) is 18.4 Å². The maximum Gasteiger partial charge on any atom is 0.410 e. The molecule has 1 aliphatic heterocycles. The molecule has 2 rings (SSSR count). The predicted molar refractivity (Wildman–Crippen MR) is 85.7 cm³/mol. The summed E-state index contributed by atoms with van der Waals surface area (Å²) in [4.78, 5) is 25.3. The van der Waals surface area contributed by atoms with Crippen molar-refractivity contribution in [3.8, 4) is 0 Å². The van der Waals surface area contributed by atoms with E-state index in [0.717, 1.165) is 18.4 Å². The van der Waals surface area contributed by atoms with Crippen LogP contribution in [0.25, 0.3) is 0 Å². The Bertz CT molecular complexity index is 627.